The van der Waals surface area contributed by atoms with Crippen LogP contribution in [0.5, 0.6) is 0 Å². The molecule has 0 saturated heterocycles. The van der Waals surface area contributed by atoms with Gasteiger partial charge in [-0.3, -0.25) is 9.48 Å². The Morgan fingerprint density at radius 2 is 2.00 bits per heavy atom. The number of aromatic nitrogens is 2. The Hall–Kier alpha value is -2.88. The van der Waals surface area contributed by atoms with E-state index in [2.05, 4.69) is 10.4 Å². The second-order valence-electron chi connectivity index (χ2n) is 5.56. The molecule has 0 atom stereocenters. The zero-order valence-corrected chi connectivity index (χ0v) is 13.1. The highest BCUT2D eigenvalue weighted by atomic mass is 16.1. The molecule has 0 unspecified atom stereocenters. The zero-order valence-electron chi connectivity index (χ0n) is 13.1. The highest BCUT2D eigenvalue weighted by Gasteiger charge is 2.06. The van der Waals surface area contributed by atoms with Gasteiger partial charge in [-0.2, -0.15) is 5.10 Å². The van der Waals surface area contributed by atoms with E-state index in [0.29, 0.717) is 13.0 Å². The summed E-state index contributed by atoms with van der Waals surface area (Å²) < 4.78 is 1.86. The second kappa shape index (κ2) is 6.92. The molecule has 23 heavy (non-hydrogen) atoms. The van der Waals surface area contributed by atoms with E-state index in [9.17, 15) is 4.79 Å². The second-order valence-corrected chi connectivity index (χ2v) is 5.56. The first-order valence-electron chi connectivity index (χ1n) is 7.61. The van der Waals surface area contributed by atoms with Crippen molar-refractivity contribution in [3.63, 3.8) is 0 Å². The average molecular weight is 305 g/mol. The van der Waals surface area contributed by atoms with Crippen LogP contribution in [0.25, 0.3) is 0 Å². The first-order valence-corrected chi connectivity index (χ1v) is 7.61. The summed E-state index contributed by atoms with van der Waals surface area (Å²) in [4.78, 5) is 12.2. The normalized spacial score (nSPS) is 10.5. The summed E-state index contributed by atoms with van der Waals surface area (Å²) in [6.45, 7) is 2.71. The van der Waals surface area contributed by atoms with Crippen molar-refractivity contribution in [1.29, 1.82) is 0 Å². The Morgan fingerprint density at radius 1 is 1.13 bits per heavy atom. The van der Waals surface area contributed by atoms with E-state index >= 15 is 0 Å². The van der Waals surface area contributed by atoms with Gasteiger partial charge in [-0.25, -0.2) is 0 Å². The Bertz CT molecular complexity index is 794. The number of amides is 1. The molecular weight excluding hydrogens is 286 g/mol. The summed E-state index contributed by atoms with van der Waals surface area (Å²) in [7, 11) is 0. The van der Waals surface area contributed by atoms with Crippen LogP contribution in [0.15, 0.2) is 67.0 Å². The Balaban J connectivity index is 1.65. The molecule has 4 nitrogen and oxygen atoms in total. The van der Waals surface area contributed by atoms with E-state index in [0.717, 1.165) is 22.4 Å². The molecule has 0 spiro atoms. The topological polar surface area (TPSA) is 46.9 Å². The summed E-state index contributed by atoms with van der Waals surface area (Å²) in [5.41, 5.74) is 4.10. The molecule has 0 fully saturated rings. The summed E-state index contributed by atoms with van der Waals surface area (Å²) in [6, 6.07) is 17.7. The fourth-order valence-corrected chi connectivity index (χ4v) is 2.52. The predicted molar refractivity (Wildman–Crippen MR) is 91.3 cm³/mol. The molecule has 2 aromatic carbocycles. The molecule has 0 aliphatic heterocycles. The molecule has 4 heteroatoms. The lowest BCUT2D eigenvalue weighted by Crippen LogP contribution is -2.15. The van der Waals surface area contributed by atoms with Crippen molar-refractivity contribution in [2.75, 3.05) is 5.32 Å². The number of aryl methyl sites for hydroxylation is 1. The number of rotatable bonds is 5. The summed E-state index contributed by atoms with van der Waals surface area (Å²) in [5.74, 6) is -0.00413. The third-order valence-corrected chi connectivity index (χ3v) is 3.73. The molecule has 0 aliphatic carbocycles. The smallest absolute Gasteiger partial charge is 0.228 e. The lowest BCUT2D eigenvalue weighted by Gasteiger charge is -2.09. The molecule has 1 heterocycles. The first-order chi connectivity index (χ1) is 11.2. The minimum absolute atomic E-state index is 0.00413. The lowest BCUT2D eigenvalue weighted by molar-refractivity contribution is -0.115. The van der Waals surface area contributed by atoms with Gasteiger partial charge in [0.15, 0.2) is 0 Å². The van der Waals surface area contributed by atoms with Crippen molar-refractivity contribution in [3.8, 4) is 0 Å². The Kier molecular flexibility index (Phi) is 4.52. The maximum atomic E-state index is 12.2. The van der Waals surface area contributed by atoms with E-state index in [1.165, 1.54) is 0 Å². The molecular formula is C19H19N3O. The number of hydrogen-bond donors (Lipinski definition) is 1. The third-order valence-electron chi connectivity index (χ3n) is 3.73. The zero-order chi connectivity index (χ0) is 16.1. The van der Waals surface area contributed by atoms with Gasteiger partial charge in [-0.05, 0) is 41.8 Å². The van der Waals surface area contributed by atoms with Crippen LogP contribution in [-0.4, -0.2) is 15.7 Å². The van der Waals surface area contributed by atoms with Crippen molar-refractivity contribution in [2.45, 2.75) is 19.9 Å². The van der Waals surface area contributed by atoms with Crippen molar-refractivity contribution >= 4 is 11.6 Å². The van der Waals surface area contributed by atoms with Crippen molar-refractivity contribution < 1.29 is 4.79 Å². The molecule has 0 radical (unpaired) electrons. The van der Waals surface area contributed by atoms with Gasteiger partial charge in [0.1, 0.15) is 0 Å². The van der Waals surface area contributed by atoms with Crippen molar-refractivity contribution in [1.82, 2.24) is 9.78 Å². The molecule has 1 N–H and O–H groups in total. The van der Waals surface area contributed by atoms with Crippen LogP contribution >= 0.6 is 0 Å². The number of carbonyl (C=O) groups excluding carboxylic acids is 1. The molecule has 1 aromatic heterocycles. The summed E-state index contributed by atoms with van der Waals surface area (Å²) in [5, 5.41) is 7.17. The number of carbonyl (C=O) groups is 1. The monoisotopic (exact) mass is 305 g/mol. The SMILES string of the molecule is Cc1ccccc1CC(=O)Nc1cccc(Cn2cccn2)c1. The predicted octanol–water partition coefficient (Wildman–Crippen LogP) is 3.42. The fourth-order valence-electron chi connectivity index (χ4n) is 2.52. The highest BCUT2D eigenvalue weighted by molar-refractivity contribution is 5.92. The maximum absolute atomic E-state index is 12.2. The van der Waals surface area contributed by atoms with Gasteiger partial charge in [0.2, 0.25) is 5.91 Å². The highest BCUT2D eigenvalue weighted by Crippen LogP contribution is 2.13. The van der Waals surface area contributed by atoms with Gasteiger partial charge < -0.3 is 5.32 Å². The number of hydrogen-bond acceptors (Lipinski definition) is 2. The van der Waals surface area contributed by atoms with Gasteiger partial charge in [-0.1, -0.05) is 36.4 Å². The molecule has 1 amide bonds. The molecule has 3 rings (SSSR count). The molecule has 3 aromatic rings. The van der Waals surface area contributed by atoms with Crippen molar-refractivity contribution in [3.05, 3.63) is 83.7 Å². The maximum Gasteiger partial charge on any atom is 0.228 e. The van der Waals surface area contributed by atoms with E-state index in [-0.39, 0.29) is 5.91 Å². The van der Waals surface area contributed by atoms with Gasteiger partial charge in [-0.15, -0.1) is 0 Å². The van der Waals surface area contributed by atoms with Crippen LogP contribution in [0.2, 0.25) is 0 Å². The number of nitrogens with zero attached hydrogens (tertiary/aromatic N) is 2. The molecule has 0 saturated carbocycles. The van der Waals surface area contributed by atoms with Crippen LogP contribution in [0.3, 0.4) is 0 Å². The third kappa shape index (κ3) is 4.07. The van der Waals surface area contributed by atoms with E-state index in [1.807, 2.05) is 72.4 Å². The number of benzene rings is 2. The van der Waals surface area contributed by atoms with Gasteiger partial charge >= 0.3 is 0 Å². The average Bonchev–Trinajstić information content (AvgIpc) is 3.03. The fraction of sp³-hybridized carbons (Fsp3) is 0.158. The Labute approximate surface area is 135 Å². The van der Waals surface area contributed by atoms with Gasteiger partial charge in [0.05, 0.1) is 13.0 Å². The van der Waals surface area contributed by atoms with E-state index < -0.39 is 0 Å². The van der Waals surface area contributed by atoms with Crippen LogP contribution in [-0.2, 0) is 17.8 Å². The summed E-state index contributed by atoms with van der Waals surface area (Å²) >= 11 is 0. The van der Waals surface area contributed by atoms with Crippen LogP contribution in [0.1, 0.15) is 16.7 Å². The van der Waals surface area contributed by atoms with E-state index in [1.54, 1.807) is 6.20 Å². The number of anilines is 1. The molecule has 0 bridgehead atoms. The Morgan fingerprint density at radius 3 is 2.78 bits per heavy atom. The van der Waals surface area contributed by atoms with Crippen LogP contribution in [0, 0.1) is 6.92 Å². The van der Waals surface area contributed by atoms with Gasteiger partial charge in [0.25, 0.3) is 0 Å². The summed E-state index contributed by atoms with van der Waals surface area (Å²) in [6.07, 6.45) is 4.06. The molecule has 116 valence electrons. The minimum Gasteiger partial charge on any atom is -0.326 e. The first kappa shape index (κ1) is 15.0. The van der Waals surface area contributed by atoms with E-state index in [4.69, 9.17) is 0 Å². The van der Waals surface area contributed by atoms with Gasteiger partial charge in [0, 0.05) is 18.1 Å². The van der Waals surface area contributed by atoms with Crippen molar-refractivity contribution in [2.24, 2.45) is 0 Å². The standard InChI is InChI=1S/C19H19N3O/c1-15-6-2-3-8-17(15)13-19(23)21-18-9-4-7-16(12-18)14-22-11-5-10-20-22/h2-12H,13-14H2,1H3,(H,21,23). The quantitative estimate of drug-likeness (QED) is 0.785. The minimum atomic E-state index is -0.00413. The molecule has 0 aliphatic rings. The number of nitrogens with one attached hydrogen (secondary N) is 1. The van der Waals surface area contributed by atoms with Crippen LogP contribution in [0.4, 0.5) is 5.69 Å². The van der Waals surface area contributed by atoms with Crippen LogP contribution < -0.4 is 5.32 Å². The largest absolute Gasteiger partial charge is 0.326 e. The lowest BCUT2D eigenvalue weighted by atomic mass is 10.1.